The number of aromatic amines is 1. The van der Waals surface area contributed by atoms with E-state index in [9.17, 15) is 4.79 Å². The van der Waals surface area contributed by atoms with Crippen LogP contribution in [0, 0.1) is 0 Å². The summed E-state index contributed by atoms with van der Waals surface area (Å²) >= 11 is 0. The average molecular weight is 353 g/mol. The summed E-state index contributed by atoms with van der Waals surface area (Å²) in [6, 6.07) is 0.325. The molecule has 1 aliphatic carbocycles. The zero-order valence-corrected chi connectivity index (χ0v) is 14.7. The van der Waals surface area contributed by atoms with Crippen molar-refractivity contribution in [1.82, 2.24) is 19.9 Å². The lowest BCUT2D eigenvalue weighted by atomic mass is 9.78. The van der Waals surface area contributed by atoms with Gasteiger partial charge in [-0.3, -0.25) is 4.79 Å². The topological polar surface area (TPSA) is 83.1 Å². The van der Waals surface area contributed by atoms with Crippen molar-refractivity contribution in [3.63, 3.8) is 0 Å². The highest BCUT2D eigenvalue weighted by Crippen LogP contribution is 2.47. The number of carbonyl (C=O) groups is 1. The molecular formula is C19H23N5O2. The lowest BCUT2D eigenvalue weighted by Gasteiger charge is -2.38. The number of nitrogens with one attached hydrogen (secondary N) is 2. The average Bonchev–Trinajstić information content (AvgIpc) is 3.33. The van der Waals surface area contributed by atoms with Crippen molar-refractivity contribution in [2.24, 2.45) is 0 Å². The van der Waals surface area contributed by atoms with Crippen LogP contribution in [0.15, 0.2) is 25.2 Å². The lowest BCUT2D eigenvalue weighted by Crippen LogP contribution is -2.47. The van der Waals surface area contributed by atoms with Crippen LogP contribution in [-0.2, 0) is 9.53 Å². The van der Waals surface area contributed by atoms with Gasteiger partial charge in [0, 0.05) is 32.0 Å². The van der Waals surface area contributed by atoms with E-state index in [0.29, 0.717) is 18.5 Å². The number of rotatable bonds is 4. The molecule has 3 aliphatic heterocycles. The fourth-order valence-electron chi connectivity index (χ4n) is 4.83. The molecule has 0 radical (unpaired) electrons. The normalized spacial score (nSPS) is 28.2. The predicted octanol–water partition coefficient (Wildman–Crippen LogP) is 2.19. The van der Waals surface area contributed by atoms with Gasteiger partial charge in [-0.25, -0.2) is 9.97 Å². The third-order valence-electron chi connectivity index (χ3n) is 6.17. The molecule has 5 heterocycles. The van der Waals surface area contributed by atoms with Crippen LogP contribution in [0.1, 0.15) is 37.2 Å². The van der Waals surface area contributed by atoms with Gasteiger partial charge in [-0.2, -0.15) is 0 Å². The summed E-state index contributed by atoms with van der Waals surface area (Å²) < 4.78 is 5.51. The highest BCUT2D eigenvalue weighted by molar-refractivity contribution is 5.92. The number of anilines is 1. The standard InChI is InChI=1S/C19H23N5O2/c1-2-15(25)24-10-19(7-13(24)8-19)23-18-16-14(12-3-5-26-6-4-12)9-20-17(16)21-11-22-18/h2,9,11-13H,1,3-8,10H2,(H2,20,21,22,23). The van der Waals surface area contributed by atoms with E-state index in [1.807, 2.05) is 4.90 Å². The van der Waals surface area contributed by atoms with Crippen LogP contribution >= 0.6 is 0 Å². The number of H-pyrrole nitrogens is 1. The highest BCUT2D eigenvalue weighted by atomic mass is 16.5. The minimum Gasteiger partial charge on any atom is -0.381 e. The summed E-state index contributed by atoms with van der Waals surface area (Å²) in [6.07, 6.45) is 9.07. The number of nitrogens with zero attached hydrogens (tertiary/aromatic N) is 3. The Morgan fingerprint density at radius 2 is 2.19 bits per heavy atom. The summed E-state index contributed by atoms with van der Waals surface area (Å²) in [5.41, 5.74) is 2.07. The first kappa shape index (κ1) is 15.8. The van der Waals surface area contributed by atoms with Gasteiger partial charge in [0.15, 0.2) is 0 Å². The number of hydrogen-bond acceptors (Lipinski definition) is 5. The molecule has 2 aromatic rings. The van der Waals surface area contributed by atoms with Gasteiger partial charge in [-0.05, 0) is 43.2 Å². The van der Waals surface area contributed by atoms with E-state index in [2.05, 4.69) is 33.0 Å². The van der Waals surface area contributed by atoms with E-state index in [4.69, 9.17) is 4.74 Å². The number of ether oxygens (including phenoxy) is 1. The monoisotopic (exact) mass is 353 g/mol. The number of amides is 1. The van der Waals surface area contributed by atoms with E-state index < -0.39 is 0 Å². The van der Waals surface area contributed by atoms with Crippen molar-refractivity contribution >= 4 is 22.8 Å². The predicted molar refractivity (Wildman–Crippen MR) is 98.0 cm³/mol. The molecule has 6 rings (SSSR count). The third-order valence-corrected chi connectivity index (χ3v) is 6.17. The van der Waals surface area contributed by atoms with Gasteiger partial charge in [0.05, 0.1) is 10.9 Å². The molecule has 136 valence electrons. The summed E-state index contributed by atoms with van der Waals surface area (Å²) in [5, 5.41) is 4.76. The molecule has 26 heavy (non-hydrogen) atoms. The molecule has 2 N–H and O–H groups in total. The first-order valence-electron chi connectivity index (χ1n) is 9.30. The van der Waals surface area contributed by atoms with Crippen LogP contribution in [0.3, 0.4) is 0 Å². The molecule has 0 spiro atoms. The second-order valence-electron chi connectivity index (χ2n) is 7.71. The van der Waals surface area contributed by atoms with E-state index in [1.54, 1.807) is 6.33 Å². The number of fused-ring (bicyclic) bond motifs is 2. The smallest absolute Gasteiger partial charge is 0.246 e. The Labute approximate surface area is 151 Å². The first-order valence-corrected chi connectivity index (χ1v) is 9.30. The van der Waals surface area contributed by atoms with Crippen LogP contribution in [0.25, 0.3) is 11.0 Å². The van der Waals surface area contributed by atoms with E-state index in [-0.39, 0.29) is 11.4 Å². The molecule has 4 fully saturated rings. The summed E-state index contributed by atoms with van der Waals surface area (Å²) in [4.78, 5) is 26.2. The van der Waals surface area contributed by atoms with Crippen LogP contribution in [0.4, 0.5) is 5.82 Å². The second kappa shape index (κ2) is 5.81. The fraction of sp³-hybridized carbons (Fsp3) is 0.526. The van der Waals surface area contributed by atoms with Crippen molar-refractivity contribution in [2.45, 2.75) is 43.2 Å². The summed E-state index contributed by atoms with van der Waals surface area (Å²) in [7, 11) is 0. The Balaban J connectivity index is 1.46. The van der Waals surface area contributed by atoms with Crippen LogP contribution in [0.5, 0.6) is 0 Å². The van der Waals surface area contributed by atoms with Gasteiger partial charge in [-0.1, -0.05) is 6.58 Å². The number of hydrogen-bond donors (Lipinski definition) is 2. The first-order chi connectivity index (χ1) is 12.7. The van der Waals surface area contributed by atoms with Gasteiger partial charge < -0.3 is 19.9 Å². The maximum absolute atomic E-state index is 12.0. The zero-order valence-electron chi connectivity index (χ0n) is 14.7. The molecule has 7 heteroatoms. The molecule has 0 unspecified atom stereocenters. The lowest BCUT2D eigenvalue weighted by molar-refractivity contribution is -0.126. The fourth-order valence-corrected chi connectivity index (χ4v) is 4.83. The molecule has 7 nitrogen and oxygen atoms in total. The van der Waals surface area contributed by atoms with Crippen molar-refractivity contribution < 1.29 is 9.53 Å². The van der Waals surface area contributed by atoms with E-state index in [1.165, 1.54) is 11.6 Å². The van der Waals surface area contributed by atoms with E-state index in [0.717, 1.165) is 55.7 Å². The van der Waals surface area contributed by atoms with Gasteiger partial charge in [0.1, 0.15) is 17.8 Å². The Morgan fingerprint density at radius 3 is 2.96 bits per heavy atom. The molecule has 4 aliphatic rings. The Hall–Kier alpha value is -2.41. The molecule has 0 atom stereocenters. The van der Waals surface area contributed by atoms with Crippen molar-refractivity contribution in [2.75, 3.05) is 25.1 Å². The van der Waals surface area contributed by atoms with Crippen LogP contribution in [-0.4, -0.2) is 57.1 Å². The molecule has 3 saturated heterocycles. The molecule has 1 amide bonds. The maximum Gasteiger partial charge on any atom is 0.246 e. The van der Waals surface area contributed by atoms with Crippen LogP contribution in [0.2, 0.25) is 0 Å². The zero-order chi connectivity index (χ0) is 17.7. The molecular weight excluding hydrogens is 330 g/mol. The largest absolute Gasteiger partial charge is 0.381 e. The summed E-state index contributed by atoms with van der Waals surface area (Å²) in [5.74, 6) is 1.37. The Bertz CT molecular complexity index is 864. The van der Waals surface area contributed by atoms with Crippen molar-refractivity contribution in [3.05, 3.63) is 30.7 Å². The van der Waals surface area contributed by atoms with E-state index >= 15 is 0 Å². The maximum atomic E-state index is 12.0. The third kappa shape index (κ3) is 2.34. The van der Waals surface area contributed by atoms with Crippen molar-refractivity contribution in [3.8, 4) is 0 Å². The quantitative estimate of drug-likeness (QED) is 0.824. The van der Waals surface area contributed by atoms with Crippen molar-refractivity contribution in [1.29, 1.82) is 0 Å². The number of aromatic nitrogens is 3. The molecule has 1 saturated carbocycles. The Morgan fingerprint density at radius 1 is 1.38 bits per heavy atom. The molecule has 2 bridgehead atoms. The van der Waals surface area contributed by atoms with Gasteiger partial charge >= 0.3 is 0 Å². The Kier molecular flexibility index (Phi) is 3.53. The SMILES string of the molecule is C=CC(=O)N1CC2(Nc3ncnc4[nH]cc(C5CCOCC5)c34)CC1C2. The minimum atomic E-state index is -0.0746. The highest BCUT2D eigenvalue weighted by Gasteiger charge is 2.56. The molecule has 0 aromatic carbocycles. The van der Waals surface area contributed by atoms with Crippen LogP contribution < -0.4 is 5.32 Å². The molecule has 2 aromatic heterocycles. The number of carbonyl (C=O) groups excluding carboxylic acids is 1. The second-order valence-corrected chi connectivity index (χ2v) is 7.71. The van der Waals surface area contributed by atoms with Gasteiger partial charge in [0.2, 0.25) is 5.91 Å². The van der Waals surface area contributed by atoms with Gasteiger partial charge in [-0.15, -0.1) is 0 Å². The minimum absolute atomic E-state index is 0.0218. The van der Waals surface area contributed by atoms with Gasteiger partial charge in [0.25, 0.3) is 0 Å². The summed E-state index contributed by atoms with van der Waals surface area (Å²) in [6.45, 7) is 5.94.